The van der Waals surface area contributed by atoms with Gasteiger partial charge in [-0.25, -0.2) is 17.9 Å². The summed E-state index contributed by atoms with van der Waals surface area (Å²) >= 11 is 0. The minimum Gasteiger partial charge on any atom is -0.467 e. The lowest BCUT2D eigenvalue weighted by Crippen LogP contribution is -2.27. The third-order valence-corrected chi connectivity index (χ3v) is 4.08. The van der Waals surface area contributed by atoms with Gasteiger partial charge in [-0.3, -0.25) is 10.1 Å². The summed E-state index contributed by atoms with van der Waals surface area (Å²) in [6.45, 7) is 1.47. The van der Waals surface area contributed by atoms with Crippen LogP contribution < -0.4 is 10.0 Å². The summed E-state index contributed by atoms with van der Waals surface area (Å²) in [4.78, 5) is 21.4. The average molecular weight is 317 g/mol. The number of anilines is 1. The SMILES string of the molecule is CNS(=O)(=O)c1ccc(NC(C)C(=O)OC)c([N+](=O)[O-])c1. The minimum atomic E-state index is -3.79. The molecule has 1 aromatic carbocycles. The second-order valence-electron chi connectivity index (χ2n) is 4.03. The number of sulfonamides is 1. The zero-order valence-electron chi connectivity index (χ0n) is 11.6. The largest absolute Gasteiger partial charge is 0.467 e. The second kappa shape index (κ2) is 6.50. The Hall–Kier alpha value is -2.20. The Balaban J connectivity index is 3.24. The van der Waals surface area contributed by atoms with Crippen molar-refractivity contribution in [3.05, 3.63) is 28.3 Å². The van der Waals surface area contributed by atoms with Crippen LogP contribution in [-0.4, -0.2) is 39.5 Å². The Kier molecular flexibility index (Phi) is 5.22. The summed E-state index contributed by atoms with van der Waals surface area (Å²) in [5.41, 5.74) is -0.435. The van der Waals surface area contributed by atoms with E-state index >= 15 is 0 Å². The quantitative estimate of drug-likeness (QED) is 0.443. The van der Waals surface area contributed by atoms with Crippen molar-refractivity contribution in [3.8, 4) is 0 Å². The lowest BCUT2D eigenvalue weighted by Gasteiger charge is -2.13. The molecule has 1 rings (SSSR count). The van der Waals surface area contributed by atoms with Gasteiger partial charge in [-0.2, -0.15) is 0 Å². The van der Waals surface area contributed by atoms with Crippen LogP contribution in [-0.2, 0) is 19.6 Å². The highest BCUT2D eigenvalue weighted by molar-refractivity contribution is 7.89. The van der Waals surface area contributed by atoms with E-state index in [2.05, 4.69) is 14.8 Å². The highest BCUT2D eigenvalue weighted by Gasteiger charge is 2.23. The van der Waals surface area contributed by atoms with Gasteiger partial charge in [0.15, 0.2) is 0 Å². The number of hydrogen-bond donors (Lipinski definition) is 2. The van der Waals surface area contributed by atoms with E-state index in [4.69, 9.17) is 0 Å². The smallest absolute Gasteiger partial charge is 0.327 e. The normalized spacial score (nSPS) is 12.5. The maximum atomic E-state index is 11.6. The van der Waals surface area contributed by atoms with Gasteiger partial charge < -0.3 is 10.1 Å². The van der Waals surface area contributed by atoms with E-state index in [0.717, 1.165) is 6.07 Å². The van der Waals surface area contributed by atoms with Crippen molar-refractivity contribution in [1.82, 2.24) is 4.72 Å². The molecule has 0 saturated carbocycles. The fraction of sp³-hybridized carbons (Fsp3) is 0.364. The van der Waals surface area contributed by atoms with Crippen LogP contribution in [0.4, 0.5) is 11.4 Å². The molecule has 10 heteroatoms. The molecule has 2 N–H and O–H groups in total. The number of nitrogens with one attached hydrogen (secondary N) is 2. The molecule has 21 heavy (non-hydrogen) atoms. The Morgan fingerprint density at radius 3 is 2.52 bits per heavy atom. The van der Waals surface area contributed by atoms with Gasteiger partial charge in [-0.05, 0) is 26.1 Å². The third-order valence-electron chi connectivity index (χ3n) is 2.67. The molecule has 0 bridgehead atoms. The van der Waals surface area contributed by atoms with E-state index in [1.54, 1.807) is 0 Å². The highest BCUT2D eigenvalue weighted by Crippen LogP contribution is 2.28. The Bertz CT molecular complexity index is 658. The van der Waals surface area contributed by atoms with Crippen molar-refractivity contribution in [1.29, 1.82) is 0 Å². The molecule has 1 aromatic rings. The molecule has 0 radical (unpaired) electrons. The second-order valence-corrected chi connectivity index (χ2v) is 5.92. The summed E-state index contributed by atoms with van der Waals surface area (Å²) in [5.74, 6) is -0.601. The molecule has 0 amide bonds. The first-order chi connectivity index (χ1) is 9.72. The summed E-state index contributed by atoms with van der Waals surface area (Å²) < 4.78 is 29.8. The number of nitro benzene ring substituents is 1. The van der Waals surface area contributed by atoms with Crippen molar-refractivity contribution in [3.63, 3.8) is 0 Å². The molecule has 0 spiro atoms. The van der Waals surface area contributed by atoms with Gasteiger partial charge in [-0.15, -0.1) is 0 Å². The summed E-state index contributed by atoms with van der Waals surface area (Å²) in [7, 11) is -1.40. The van der Waals surface area contributed by atoms with E-state index in [1.807, 2.05) is 0 Å². The predicted molar refractivity (Wildman–Crippen MR) is 74.4 cm³/mol. The average Bonchev–Trinajstić information content (AvgIpc) is 2.46. The molecule has 0 aliphatic carbocycles. The third kappa shape index (κ3) is 3.89. The zero-order chi connectivity index (χ0) is 16.2. The standard InChI is InChI=1S/C11H15N3O6S/c1-7(11(15)20-3)13-9-5-4-8(21(18,19)12-2)6-10(9)14(16)17/h4-7,12-13H,1-3H3. The van der Waals surface area contributed by atoms with Gasteiger partial charge in [0.25, 0.3) is 5.69 Å². The Labute approximate surface area is 121 Å². The minimum absolute atomic E-state index is 0.0213. The maximum Gasteiger partial charge on any atom is 0.327 e. The summed E-state index contributed by atoms with van der Waals surface area (Å²) in [5, 5.41) is 13.7. The van der Waals surface area contributed by atoms with Gasteiger partial charge in [0.1, 0.15) is 11.7 Å². The van der Waals surface area contributed by atoms with Gasteiger partial charge in [0.05, 0.1) is 16.9 Å². The van der Waals surface area contributed by atoms with Crippen LogP contribution >= 0.6 is 0 Å². The van der Waals surface area contributed by atoms with Crippen LogP contribution in [0.5, 0.6) is 0 Å². The number of nitrogens with zero attached hydrogens (tertiary/aromatic N) is 1. The molecule has 1 atom stereocenters. The molecule has 0 aromatic heterocycles. The molecule has 0 aliphatic heterocycles. The fourth-order valence-electron chi connectivity index (χ4n) is 1.54. The summed E-state index contributed by atoms with van der Waals surface area (Å²) in [6, 6.07) is 2.52. The molecule has 0 fully saturated rings. The van der Waals surface area contributed by atoms with Crippen LogP contribution in [0.25, 0.3) is 0 Å². The fourth-order valence-corrected chi connectivity index (χ4v) is 2.29. The van der Waals surface area contributed by atoms with Crippen molar-refractivity contribution < 1.29 is 22.9 Å². The molecule has 0 heterocycles. The van der Waals surface area contributed by atoms with E-state index < -0.39 is 32.6 Å². The van der Waals surface area contributed by atoms with Crippen LogP contribution in [0, 0.1) is 10.1 Å². The van der Waals surface area contributed by atoms with Crippen molar-refractivity contribution in [2.75, 3.05) is 19.5 Å². The van der Waals surface area contributed by atoms with Crippen LogP contribution in [0.15, 0.2) is 23.1 Å². The van der Waals surface area contributed by atoms with Crippen molar-refractivity contribution in [2.24, 2.45) is 0 Å². The van der Waals surface area contributed by atoms with Gasteiger partial charge in [0, 0.05) is 6.07 Å². The first kappa shape index (κ1) is 16.9. The molecule has 9 nitrogen and oxygen atoms in total. The first-order valence-corrected chi connectivity index (χ1v) is 7.27. The number of carbonyl (C=O) groups is 1. The van der Waals surface area contributed by atoms with E-state index in [9.17, 15) is 23.3 Å². The topological polar surface area (TPSA) is 128 Å². The van der Waals surface area contributed by atoms with Gasteiger partial charge in [-0.1, -0.05) is 0 Å². The molecule has 0 saturated heterocycles. The predicted octanol–water partition coefficient (Wildman–Crippen LogP) is 0.476. The number of carbonyl (C=O) groups excluding carboxylic acids is 1. The molecule has 116 valence electrons. The van der Waals surface area contributed by atoms with Crippen LogP contribution in [0.1, 0.15) is 6.92 Å². The molecular formula is C11H15N3O6S. The number of ether oxygens (including phenoxy) is 1. The van der Waals surface area contributed by atoms with Gasteiger partial charge >= 0.3 is 5.97 Å². The summed E-state index contributed by atoms with van der Waals surface area (Å²) in [6.07, 6.45) is 0. The molecule has 0 aliphatic rings. The van der Waals surface area contributed by atoms with E-state index in [0.29, 0.717) is 0 Å². The first-order valence-electron chi connectivity index (χ1n) is 5.79. The monoisotopic (exact) mass is 317 g/mol. The Morgan fingerprint density at radius 1 is 1.43 bits per heavy atom. The van der Waals surface area contributed by atoms with E-state index in [1.165, 1.54) is 33.2 Å². The Morgan fingerprint density at radius 2 is 2.05 bits per heavy atom. The maximum absolute atomic E-state index is 11.6. The van der Waals surface area contributed by atoms with E-state index in [-0.39, 0.29) is 10.6 Å². The highest BCUT2D eigenvalue weighted by atomic mass is 32.2. The van der Waals surface area contributed by atoms with Gasteiger partial charge in [0.2, 0.25) is 10.0 Å². The number of rotatable bonds is 6. The number of methoxy groups -OCH3 is 1. The van der Waals surface area contributed by atoms with Crippen molar-refractivity contribution in [2.45, 2.75) is 17.9 Å². The number of hydrogen-bond acceptors (Lipinski definition) is 7. The molecular weight excluding hydrogens is 302 g/mol. The zero-order valence-corrected chi connectivity index (χ0v) is 12.4. The number of benzene rings is 1. The van der Waals surface area contributed by atoms with Crippen LogP contribution in [0.3, 0.4) is 0 Å². The molecule has 1 unspecified atom stereocenters. The number of nitro groups is 1. The number of esters is 1. The van der Waals surface area contributed by atoms with Crippen molar-refractivity contribution >= 4 is 27.4 Å². The lowest BCUT2D eigenvalue weighted by molar-refractivity contribution is -0.384. The van der Waals surface area contributed by atoms with Crippen LogP contribution in [0.2, 0.25) is 0 Å². The lowest BCUT2D eigenvalue weighted by atomic mass is 10.2.